The normalized spacial score (nSPS) is 11.7. The van der Waals surface area contributed by atoms with Gasteiger partial charge in [-0.25, -0.2) is 9.97 Å². The van der Waals surface area contributed by atoms with Crippen molar-refractivity contribution >= 4 is 63.2 Å². The SMILES string of the molecule is CC(=O)Sc1ccc(C#Cc2c3nc(c(-c4c(C)cc(C)cc4C)c4ccc([n-]4)c(-c4c(C)cc(C)cc4C)c4nc(c(-c5c(C)cc(C)cc5C)c5ccc2[n-]5)C=C4)C=C3)cc1.[Zn+2]. The molecule has 0 atom stereocenters. The Labute approximate surface area is 393 Å². The van der Waals surface area contributed by atoms with Crippen LogP contribution in [-0.2, 0) is 24.3 Å². The van der Waals surface area contributed by atoms with E-state index in [-0.39, 0.29) is 24.6 Å². The summed E-state index contributed by atoms with van der Waals surface area (Å²) in [6.45, 7) is 21.1. The minimum atomic E-state index is 0. The number of aromatic nitrogens is 4. The van der Waals surface area contributed by atoms with E-state index in [0.717, 1.165) is 111 Å². The van der Waals surface area contributed by atoms with E-state index in [1.54, 1.807) is 6.92 Å². The van der Waals surface area contributed by atoms with Gasteiger partial charge in [0.05, 0.1) is 22.8 Å². The fourth-order valence-electron chi connectivity index (χ4n) is 9.61. The average molecular weight is 902 g/mol. The van der Waals surface area contributed by atoms with E-state index in [9.17, 15) is 4.79 Å². The third-order valence-corrected chi connectivity index (χ3v) is 12.6. The third-order valence-electron chi connectivity index (χ3n) is 11.8. The van der Waals surface area contributed by atoms with Crippen LogP contribution in [0.5, 0.6) is 0 Å². The maximum Gasteiger partial charge on any atom is 2.00 e. The van der Waals surface area contributed by atoms with Crippen LogP contribution in [0.2, 0.25) is 0 Å². The van der Waals surface area contributed by atoms with Crippen molar-refractivity contribution < 1.29 is 24.3 Å². The smallest absolute Gasteiger partial charge is 0.657 e. The molecule has 4 aromatic carbocycles. The Kier molecular flexibility index (Phi) is 12.2. The molecule has 0 saturated heterocycles. The predicted molar refractivity (Wildman–Crippen MR) is 265 cm³/mol. The van der Waals surface area contributed by atoms with E-state index in [1.165, 1.54) is 39.6 Å². The van der Waals surface area contributed by atoms with Crippen LogP contribution in [0.15, 0.2) is 89.8 Å². The van der Waals surface area contributed by atoms with Gasteiger partial charge in [-0.2, -0.15) is 0 Å². The number of rotatable bonds is 4. The molecule has 0 amide bonds. The first-order valence-corrected chi connectivity index (χ1v) is 22.1. The van der Waals surface area contributed by atoms with E-state index in [1.807, 2.05) is 24.3 Å². The molecule has 5 nitrogen and oxygen atoms in total. The molecule has 64 heavy (non-hydrogen) atoms. The first kappa shape index (κ1) is 44.3. The molecule has 0 fully saturated rings. The van der Waals surface area contributed by atoms with Gasteiger partial charge in [-0.15, -0.1) is 22.1 Å². The second-order valence-electron chi connectivity index (χ2n) is 17.1. The number of carbonyl (C=O) groups is 1. The van der Waals surface area contributed by atoms with Crippen molar-refractivity contribution in [3.05, 3.63) is 169 Å². The topological polar surface area (TPSA) is 71.1 Å². The molecular formula is C57H48N4OSZn. The minimum absolute atomic E-state index is 0. The zero-order valence-corrected chi connectivity index (χ0v) is 42.0. The Morgan fingerprint density at radius 1 is 0.453 bits per heavy atom. The summed E-state index contributed by atoms with van der Waals surface area (Å²) in [5, 5.41) is 0.0439. The summed E-state index contributed by atoms with van der Waals surface area (Å²) in [5.41, 5.74) is 24.9. The fourth-order valence-corrected chi connectivity index (χ4v) is 10.2. The van der Waals surface area contributed by atoms with Gasteiger partial charge in [-0.1, -0.05) is 101 Å². The minimum Gasteiger partial charge on any atom is -0.657 e. The van der Waals surface area contributed by atoms with Gasteiger partial charge in [-0.05, 0) is 178 Å². The number of aryl methyl sites for hydroxylation is 9. The predicted octanol–water partition coefficient (Wildman–Crippen LogP) is 13.7. The van der Waals surface area contributed by atoms with Crippen molar-refractivity contribution in [1.82, 2.24) is 19.9 Å². The second kappa shape index (κ2) is 17.7. The number of thioether (sulfide) groups is 1. The van der Waals surface area contributed by atoms with Crippen molar-refractivity contribution in [3.8, 4) is 45.2 Å². The van der Waals surface area contributed by atoms with Gasteiger partial charge in [0, 0.05) is 22.9 Å². The Balaban J connectivity index is 0.00000560. The molecule has 0 spiro atoms. The van der Waals surface area contributed by atoms with Crippen LogP contribution in [0.4, 0.5) is 0 Å². The van der Waals surface area contributed by atoms with Gasteiger partial charge in [0.2, 0.25) is 0 Å². The molecule has 0 N–H and O–H groups in total. The zero-order valence-electron chi connectivity index (χ0n) is 38.2. The van der Waals surface area contributed by atoms with Crippen LogP contribution in [0.3, 0.4) is 0 Å². The van der Waals surface area contributed by atoms with Crippen LogP contribution < -0.4 is 9.97 Å². The summed E-state index contributed by atoms with van der Waals surface area (Å²) >= 11 is 1.21. The number of fused-ring (bicyclic) bond motifs is 8. The Bertz CT molecular complexity index is 3260. The second-order valence-corrected chi connectivity index (χ2v) is 18.3. The molecule has 0 unspecified atom stereocenters. The number of hydrogen-bond donors (Lipinski definition) is 0. The van der Waals surface area contributed by atoms with E-state index in [2.05, 4.69) is 159 Å². The summed E-state index contributed by atoms with van der Waals surface area (Å²) in [4.78, 5) is 34.6. The fraction of sp³-hybridized carbons (Fsp3) is 0.175. The standard InChI is InChI=1S/C57H48N4OS.Zn/c1-31-25-34(4)52(35(5)26-31)55-46-19-17-44(58-46)43(16-13-41-11-14-42(15-12-41)63-40(10)62)45-18-20-47(59-45)56(53-36(6)27-32(2)28-37(53)7)49-22-24-51(61-49)57(50-23-21-48(55)60-50)54-38(8)29-33(3)30-39(54)9;/h11-12,14-15,17-30H,1-10H3;/q-2;+2. The van der Waals surface area contributed by atoms with Crippen molar-refractivity contribution in [1.29, 1.82) is 0 Å². The average Bonchev–Trinajstić information content (AvgIpc) is 4.05. The van der Waals surface area contributed by atoms with Gasteiger partial charge >= 0.3 is 19.5 Å². The van der Waals surface area contributed by atoms with E-state index < -0.39 is 0 Å². The van der Waals surface area contributed by atoms with Crippen molar-refractivity contribution in [2.75, 3.05) is 0 Å². The summed E-state index contributed by atoms with van der Waals surface area (Å²) < 4.78 is 0. The molecule has 8 bridgehead atoms. The molecule has 0 aliphatic carbocycles. The van der Waals surface area contributed by atoms with Crippen molar-refractivity contribution in [3.63, 3.8) is 0 Å². The van der Waals surface area contributed by atoms with Gasteiger partial charge in [-0.3, -0.25) is 4.79 Å². The molecular weight excluding hydrogens is 854 g/mol. The number of nitrogens with zero attached hydrogens (tertiary/aromatic N) is 4. The Morgan fingerprint density at radius 2 is 0.797 bits per heavy atom. The van der Waals surface area contributed by atoms with E-state index in [4.69, 9.17) is 19.9 Å². The molecule has 9 rings (SSSR count). The largest absolute Gasteiger partial charge is 2.00 e. The summed E-state index contributed by atoms with van der Waals surface area (Å²) in [7, 11) is 0. The quantitative estimate of drug-likeness (QED) is 0.0995. The Morgan fingerprint density at radius 3 is 1.19 bits per heavy atom. The van der Waals surface area contributed by atoms with E-state index in [0.29, 0.717) is 5.56 Å². The van der Waals surface area contributed by atoms with E-state index >= 15 is 0 Å². The van der Waals surface area contributed by atoms with Gasteiger partial charge in [0.25, 0.3) is 0 Å². The van der Waals surface area contributed by atoms with Gasteiger partial charge in [0.15, 0.2) is 5.12 Å². The first-order valence-electron chi connectivity index (χ1n) is 21.3. The summed E-state index contributed by atoms with van der Waals surface area (Å²) in [6.07, 6.45) is 8.43. The molecule has 310 valence electrons. The molecule has 5 heterocycles. The maximum atomic E-state index is 11.8. The summed E-state index contributed by atoms with van der Waals surface area (Å²) in [5.74, 6) is 6.93. The van der Waals surface area contributed by atoms with Crippen LogP contribution in [0.1, 0.15) is 90.9 Å². The summed E-state index contributed by atoms with van der Waals surface area (Å²) in [6, 6.07) is 29.6. The zero-order chi connectivity index (χ0) is 44.3. The molecule has 3 aromatic heterocycles. The number of carbonyl (C=O) groups excluding carboxylic acids is 1. The molecule has 0 radical (unpaired) electrons. The Hall–Kier alpha value is -6.32. The van der Waals surface area contributed by atoms with Crippen molar-refractivity contribution in [2.24, 2.45) is 0 Å². The monoisotopic (exact) mass is 900 g/mol. The first-order chi connectivity index (χ1) is 30.2. The molecule has 0 saturated carbocycles. The molecule has 7 aromatic rings. The van der Waals surface area contributed by atoms with Crippen molar-refractivity contribution in [2.45, 2.75) is 74.1 Å². The van der Waals surface area contributed by atoms with Gasteiger partial charge in [0.1, 0.15) is 0 Å². The maximum absolute atomic E-state index is 11.8. The van der Waals surface area contributed by atoms with Crippen LogP contribution in [0.25, 0.3) is 79.8 Å². The van der Waals surface area contributed by atoms with Crippen LogP contribution in [-0.4, -0.2) is 15.1 Å². The van der Waals surface area contributed by atoms with Crippen LogP contribution >= 0.6 is 11.8 Å². The molecule has 2 aliphatic heterocycles. The molecule has 2 aliphatic rings. The third kappa shape index (κ3) is 8.41. The number of hydrogen-bond acceptors (Lipinski definition) is 4. The van der Waals surface area contributed by atoms with Crippen LogP contribution in [0, 0.1) is 74.2 Å². The number of benzene rings is 4. The van der Waals surface area contributed by atoms with Gasteiger partial charge < -0.3 is 9.97 Å². The molecule has 7 heteroatoms.